The number of carbonyl (C=O) groups excluding carboxylic acids is 1. The average Bonchev–Trinajstić information content (AvgIpc) is 3.31. The predicted octanol–water partition coefficient (Wildman–Crippen LogP) is 4.16. The van der Waals surface area contributed by atoms with E-state index in [4.69, 9.17) is 0 Å². The minimum absolute atomic E-state index is 0.237. The summed E-state index contributed by atoms with van der Waals surface area (Å²) in [5.41, 5.74) is 5.28. The Balaban J connectivity index is 1.28. The van der Waals surface area contributed by atoms with Crippen LogP contribution in [-0.4, -0.2) is 38.8 Å². The summed E-state index contributed by atoms with van der Waals surface area (Å²) in [5, 5.41) is 2.10. The van der Waals surface area contributed by atoms with Crippen molar-refractivity contribution in [3.8, 4) is 0 Å². The van der Waals surface area contributed by atoms with Crippen LogP contribution in [0.2, 0.25) is 0 Å². The monoisotopic (exact) mass is 380 g/mol. The van der Waals surface area contributed by atoms with Gasteiger partial charge in [-0.05, 0) is 49.7 Å². The minimum Gasteiger partial charge on any atom is -0.342 e. The van der Waals surface area contributed by atoms with Crippen LogP contribution < -0.4 is 0 Å². The van der Waals surface area contributed by atoms with Crippen molar-refractivity contribution < 1.29 is 4.79 Å². The lowest BCUT2D eigenvalue weighted by Gasteiger charge is -2.32. The molecule has 3 aromatic heterocycles. The third kappa shape index (κ3) is 3.06. The maximum atomic E-state index is 13.1. The Morgan fingerprint density at radius 3 is 2.85 bits per heavy atom. The van der Waals surface area contributed by atoms with Crippen LogP contribution in [-0.2, 0) is 12.8 Å². The fourth-order valence-electron chi connectivity index (χ4n) is 4.51. The van der Waals surface area contributed by atoms with Crippen LogP contribution in [0.4, 0.5) is 0 Å². The Bertz CT molecular complexity index is 950. The number of fused-ring (bicyclic) bond motifs is 2. The number of hydrogen-bond donors (Lipinski definition) is 1. The lowest BCUT2D eigenvalue weighted by Crippen LogP contribution is -2.38. The Kier molecular flexibility index (Phi) is 4.23. The van der Waals surface area contributed by atoms with Crippen LogP contribution in [0.3, 0.4) is 0 Å². The number of aromatic nitrogens is 3. The Hall–Kier alpha value is -2.21. The molecule has 0 bridgehead atoms. The summed E-state index contributed by atoms with van der Waals surface area (Å²) in [6.45, 7) is 3.95. The molecule has 0 aromatic carbocycles. The highest BCUT2D eigenvalue weighted by atomic mass is 32.1. The zero-order valence-electron chi connectivity index (χ0n) is 15.6. The van der Waals surface area contributed by atoms with Crippen molar-refractivity contribution in [2.45, 2.75) is 44.9 Å². The molecule has 6 heteroatoms. The molecule has 5 nitrogen and oxygen atoms in total. The van der Waals surface area contributed by atoms with Crippen LogP contribution in [0.15, 0.2) is 23.8 Å². The number of hydrogen-bond acceptors (Lipinski definition) is 4. The van der Waals surface area contributed by atoms with Crippen molar-refractivity contribution >= 4 is 28.4 Å². The molecule has 5 rings (SSSR count). The minimum atomic E-state index is 0.237. The highest BCUT2D eigenvalue weighted by molar-refractivity contribution is 7.10. The molecular formula is C21H24N4OS. The van der Waals surface area contributed by atoms with Crippen molar-refractivity contribution in [3.63, 3.8) is 0 Å². The van der Waals surface area contributed by atoms with Gasteiger partial charge in [0.1, 0.15) is 5.52 Å². The molecule has 0 saturated carbocycles. The summed E-state index contributed by atoms with van der Waals surface area (Å²) < 4.78 is 0. The van der Waals surface area contributed by atoms with Gasteiger partial charge in [-0.15, -0.1) is 11.3 Å². The second-order valence-corrected chi connectivity index (χ2v) is 8.94. The standard InChI is InChI=1S/C21H24N4OS/c1-13-2-3-15-16(12-27-19(15)10-13)21(26)25-8-4-14(5-9-25)17-11-18-20(24-17)23-7-6-22-18/h6-7,11-14H,2-5,8-10H2,1H3,(H,23,24)/t13-/m1/s1. The summed E-state index contributed by atoms with van der Waals surface area (Å²) in [4.78, 5) is 28.7. The first-order valence-corrected chi connectivity index (χ1v) is 10.7. The molecule has 0 unspecified atom stereocenters. The second kappa shape index (κ2) is 6.75. The van der Waals surface area contributed by atoms with Crippen LogP contribution in [0.5, 0.6) is 0 Å². The van der Waals surface area contributed by atoms with Crippen molar-refractivity contribution in [3.05, 3.63) is 45.5 Å². The topological polar surface area (TPSA) is 61.9 Å². The van der Waals surface area contributed by atoms with Crippen LogP contribution in [0.25, 0.3) is 11.2 Å². The number of aromatic amines is 1. The molecule has 1 fully saturated rings. The van der Waals surface area contributed by atoms with E-state index < -0.39 is 0 Å². The number of nitrogens with zero attached hydrogens (tertiary/aromatic N) is 3. The van der Waals surface area contributed by atoms with Crippen molar-refractivity contribution in [1.82, 2.24) is 19.9 Å². The molecule has 27 heavy (non-hydrogen) atoms. The largest absolute Gasteiger partial charge is 0.342 e. The first-order chi connectivity index (χ1) is 13.2. The number of thiophene rings is 1. The Labute approximate surface area is 162 Å². The van der Waals surface area contributed by atoms with Gasteiger partial charge < -0.3 is 9.88 Å². The fraction of sp³-hybridized carbons (Fsp3) is 0.476. The molecule has 0 radical (unpaired) electrons. The van der Waals surface area contributed by atoms with Gasteiger partial charge in [0, 0.05) is 47.4 Å². The molecule has 1 aliphatic heterocycles. The highest BCUT2D eigenvalue weighted by Crippen LogP contribution is 2.35. The van der Waals surface area contributed by atoms with Crippen LogP contribution in [0, 0.1) is 5.92 Å². The zero-order valence-corrected chi connectivity index (χ0v) is 16.4. The van der Waals surface area contributed by atoms with Gasteiger partial charge in [0.2, 0.25) is 0 Å². The first-order valence-electron chi connectivity index (χ1n) is 9.87. The van der Waals surface area contributed by atoms with Gasteiger partial charge in [-0.3, -0.25) is 9.78 Å². The number of carbonyl (C=O) groups is 1. The summed E-state index contributed by atoms with van der Waals surface area (Å²) in [6.07, 6.45) is 8.82. The smallest absolute Gasteiger partial charge is 0.254 e. The average molecular weight is 381 g/mol. The molecule has 2 aliphatic rings. The lowest BCUT2D eigenvalue weighted by atomic mass is 9.88. The van der Waals surface area contributed by atoms with E-state index >= 15 is 0 Å². The number of likely N-dealkylation sites (tertiary alicyclic amines) is 1. The molecule has 1 amide bonds. The Morgan fingerprint density at radius 2 is 2.04 bits per heavy atom. The molecule has 1 aliphatic carbocycles. The van der Waals surface area contributed by atoms with E-state index in [0.29, 0.717) is 5.92 Å². The molecule has 140 valence electrons. The predicted molar refractivity (Wildman–Crippen MR) is 107 cm³/mol. The van der Waals surface area contributed by atoms with Gasteiger partial charge in [0.25, 0.3) is 5.91 Å². The number of H-pyrrole nitrogens is 1. The normalized spacial score (nSPS) is 20.8. The second-order valence-electron chi connectivity index (χ2n) is 7.98. The van der Waals surface area contributed by atoms with E-state index in [1.54, 1.807) is 23.7 Å². The van der Waals surface area contributed by atoms with Gasteiger partial charge in [0.15, 0.2) is 5.65 Å². The summed E-state index contributed by atoms with van der Waals surface area (Å²) in [5.74, 6) is 1.43. The van der Waals surface area contributed by atoms with Crippen molar-refractivity contribution in [2.75, 3.05) is 13.1 Å². The molecule has 4 heterocycles. The third-order valence-corrected chi connectivity index (χ3v) is 7.19. The number of rotatable bonds is 2. The number of piperidine rings is 1. The van der Waals surface area contributed by atoms with Crippen LogP contribution in [0.1, 0.15) is 58.6 Å². The first kappa shape index (κ1) is 16.9. The molecule has 1 saturated heterocycles. The zero-order chi connectivity index (χ0) is 18.4. The number of amides is 1. The highest BCUT2D eigenvalue weighted by Gasteiger charge is 2.29. The molecular weight excluding hydrogens is 356 g/mol. The maximum absolute atomic E-state index is 13.1. The van der Waals surface area contributed by atoms with Crippen LogP contribution >= 0.6 is 11.3 Å². The van der Waals surface area contributed by atoms with E-state index in [1.807, 2.05) is 0 Å². The molecule has 3 aromatic rings. The summed E-state index contributed by atoms with van der Waals surface area (Å²) in [6, 6.07) is 2.11. The van der Waals surface area contributed by atoms with E-state index in [0.717, 1.165) is 61.4 Å². The summed E-state index contributed by atoms with van der Waals surface area (Å²) >= 11 is 1.78. The quantitative estimate of drug-likeness (QED) is 0.726. The molecule has 0 spiro atoms. The number of nitrogens with one attached hydrogen (secondary N) is 1. The Morgan fingerprint density at radius 1 is 1.22 bits per heavy atom. The molecule has 1 atom stereocenters. The maximum Gasteiger partial charge on any atom is 0.254 e. The lowest BCUT2D eigenvalue weighted by molar-refractivity contribution is 0.0711. The van der Waals surface area contributed by atoms with Gasteiger partial charge in [-0.25, -0.2) is 4.98 Å². The van der Waals surface area contributed by atoms with Gasteiger partial charge >= 0.3 is 0 Å². The van der Waals surface area contributed by atoms with E-state index in [2.05, 4.69) is 38.2 Å². The van der Waals surface area contributed by atoms with Crippen molar-refractivity contribution in [2.24, 2.45) is 5.92 Å². The van der Waals surface area contributed by atoms with Crippen molar-refractivity contribution in [1.29, 1.82) is 0 Å². The third-order valence-electron chi connectivity index (χ3n) is 6.14. The van der Waals surface area contributed by atoms with E-state index in [9.17, 15) is 4.79 Å². The summed E-state index contributed by atoms with van der Waals surface area (Å²) in [7, 11) is 0. The van der Waals surface area contributed by atoms with Gasteiger partial charge in [-0.1, -0.05) is 6.92 Å². The fourth-order valence-corrected chi connectivity index (χ4v) is 5.75. The van der Waals surface area contributed by atoms with Gasteiger partial charge in [0.05, 0.1) is 5.56 Å². The SMILES string of the molecule is C[C@@H]1CCc2c(C(=O)N3CCC(c4cc5nccnc5[nH]4)CC3)csc2C1. The van der Waals surface area contributed by atoms with E-state index in [-0.39, 0.29) is 5.91 Å². The molecule has 1 N–H and O–H groups in total. The van der Waals surface area contributed by atoms with E-state index in [1.165, 1.54) is 22.6 Å². The van der Waals surface area contributed by atoms with Gasteiger partial charge in [-0.2, -0.15) is 0 Å².